The van der Waals surface area contributed by atoms with Gasteiger partial charge in [0.05, 0.1) is 11.4 Å². The van der Waals surface area contributed by atoms with Crippen molar-refractivity contribution in [1.29, 1.82) is 0 Å². The molecule has 0 aromatic carbocycles. The molecule has 0 radical (unpaired) electrons. The number of nitrogens with one attached hydrogen (secondary N) is 1. The van der Waals surface area contributed by atoms with Crippen molar-refractivity contribution in [2.24, 2.45) is 0 Å². The van der Waals surface area contributed by atoms with Crippen LogP contribution >= 0.6 is 0 Å². The van der Waals surface area contributed by atoms with E-state index in [4.69, 9.17) is 5.73 Å². The lowest BCUT2D eigenvalue weighted by Gasteiger charge is -2.10. The van der Waals surface area contributed by atoms with Crippen LogP contribution < -0.4 is 5.73 Å². The standard InChI is InChI=1S/C18H19N7/c1-10(2)15-16(12-4-5-14(19)20-7-12)23-24-17(15)13-6-11(3)18-21-9-22-25(18)8-13/h4-10H,1-3H3,(H2,19,20)(H,23,24). The highest BCUT2D eigenvalue weighted by Gasteiger charge is 2.20. The van der Waals surface area contributed by atoms with Gasteiger partial charge in [-0.25, -0.2) is 14.5 Å². The Bertz CT molecular complexity index is 1040. The summed E-state index contributed by atoms with van der Waals surface area (Å²) in [5.74, 6) is 0.783. The highest BCUT2D eigenvalue weighted by atomic mass is 15.3. The molecule has 0 aliphatic carbocycles. The van der Waals surface area contributed by atoms with E-state index in [9.17, 15) is 0 Å². The molecule has 0 saturated heterocycles. The van der Waals surface area contributed by atoms with Gasteiger partial charge in [0, 0.05) is 29.1 Å². The minimum absolute atomic E-state index is 0.285. The van der Waals surface area contributed by atoms with E-state index in [2.05, 4.69) is 45.2 Å². The lowest BCUT2D eigenvalue weighted by Crippen LogP contribution is -1.97. The molecule has 0 fully saturated rings. The van der Waals surface area contributed by atoms with Gasteiger partial charge in [-0.2, -0.15) is 10.2 Å². The van der Waals surface area contributed by atoms with E-state index in [0.717, 1.165) is 39.3 Å². The number of fused-ring (bicyclic) bond motifs is 1. The van der Waals surface area contributed by atoms with Crippen molar-refractivity contribution in [3.05, 3.63) is 48.0 Å². The van der Waals surface area contributed by atoms with E-state index < -0.39 is 0 Å². The fourth-order valence-corrected chi connectivity index (χ4v) is 3.13. The predicted octanol–water partition coefficient (Wildman–Crippen LogP) is 3.20. The lowest BCUT2D eigenvalue weighted by molar-refractivity contribution is 0.871. The second-order valence-corrected chi connectivity index (χ2v) is 6.43. The molecule has 126 valence electrons. The Morgan fingerprint density at radius 2 is 2.00 bits per heavy atom. The number of rotatable bonds is 3. The first-order valence-electron chi connectivity index (χ1n) is 8.15. The van der Waals surface area contributed by atoms with Crippen molar-refractivity contribution in [2.75, 3.05) is 5.73 Å². The molecule has 0 aliphatic rings. The maximum Gasteiger partial charge on any atom is 0.158 e. The van der Waals surface area contributed by atoms with E-state index in [1.807, 2.05) is 19.2 Å². The molecular weight excluding hydrogens is 314 g/mol. The summed E-state index contributed by atoms with van der Waals surface area (Å²) in [4.78, 5) is 8.47. The fourth-order valence-electron chi connectivity index (χ4n) is 3.13. The van der Waals surface area contributed by atoms with Gasteiger partial charge in [-0.05, 0) is 36.6 Å². The number of nitrogen functional groups attached to an aromatic ring is 1. The molecule has 25 heavy (non-hydrogen) atoms. The molecule has 4 heterocycles. The number of pyridine rings is 2. The van der Waals surface area contributed by atoms with Crippen LogP contribution in [-0.2, 0) is 0 Å². The molecule has 0 amide bonds. The summed E-state index contributed by atoms with van der Waals surface area (Å²) < 4.78 is 1.79. The third-order valence-corrected chi connectivity index (χ3v) is 4.29. The molecule has 4 aromatic heterocycles. The van der Waals surface area contributed by atoms with E-state index in [-0.39, 0.29) is 5.92 Å². The average molecular weight is 333 g/mol. The fraction of sp³-hybridized carbons (Fsp3) is 0.222. The van der Waals surface area contributed by atoms with Crippen LogP contribution in [-0.4, -0.2) is 29.8 Å². The van der Waals surface area contributed by atoms with Gasteiger partial charge in [0.15, 0.2) is 5.65 Å². The molecule has 7 heteroatoms. The van der Waals surface area contributed by atoms with Crippen LogP contribution in [0.4, 0.5) is 5.82 Å². The zero-order valence-electron chi connectivity index (χ0n) is 14.4. The van der Waals surface area contributed by atoms with Crippen molar-refractivity contribution in [2.45, 2.75) is 26.7 Å². The molecular formula is C18H19N7. The SMILES string of the molecule is Cc1cc(-c2[nH]nc(-c3ccc(N)nc3)c2C(C)C)cn2ncnc12. The maximum absolute atomic E-state index is 5.70. The summed E-state index contributed by atoms with van der Waals surface area (Å²) in [6, 6.07) is 5.84. The van der Waals surface area contributed by atoms with Gasteiger partial charge in [-0.3, -0.25) is 5.10 Å². The number of aromatic nitrogens is 6. The van der Waals surface area contributed by atoms with Crippen molar-refractivity contribution >= 4 is 11.5 Å². The number of nitrogens with zero attached hydrogens (tertiary/aromatic N) is 5. The topological polar surface area (TPSA) is 97.8 Å². The van der Waals surface area contributed by atoms with E-state index >= 15 is 0 Å². The summed E-state index contributed by atoms with van der Waals surface area (Å²) >= 11 is 0. The van der Waals surface area contributed by atoms with Crippen molar-refractivity contribution < 1.29 is 0 Å². The summed E-state index contributed by atoms with van der Waals surface area (Å²) in [7, 11) is 0. The number of anilines is 1. The van der Waals surface area contributed by atoms with Gasteiger partial charge in [0.25, 0.3) is 0 Å². The van der Waals surface area contributed by atoms with Gasteiger partial charge in [-0.15, -0.1) is 0 Å². The van der Waals surface area contributed by atoms with Crippen LogP contribution in [0.3, 0.4) is 0 Å². The van der Waals surface area contributed by atoms with Crippen LogP contribution in [0.2, 0.25) is 0 Å². The predicted molar refractivity (Wildman–Crippen MR) is 97.0 cm³/mol. The van der Waals surface area contributed by atoms with Crippen LogP contribution in [0.15, 0.2) is 36.9 Å². The normalized spacial score (nSPS) is 11.5. The van der Waals surface area contributed by atoms with Crippen molar-refractivity contribution in [3.8, 4) is 22.5 Å². The Morgan fingerprint density at radius 3 is 2.72 bits per heavy atom. The lowest BCUT2D eigenvalue weighted by atomic mass is 9.94. The first kappa shape index (κ1) is 15.3. The maximum atomic E-state index is 5.70. The Morgan fingerprint density at radius 1 is 1.16 bits per heavy atom. The zero-order chi connectivity index (χ0) is 17.6. The van der Waals surface area contributed by atoms with Crippen LogP contribution in [0.25, 0.3) is 28.2 Å². The van der Waals surface area contributed by atoms with Gasteiger partial charge < -0.3 is 5.73 Å². The Kier molecular flexibility index (Phi) is 3.49. The molecule has 4 rings (SSSR count). The summed E-state index contributed by atoms with van der Waals surface area (Å²) in [5.41, 5.74) is 12.6. The zero-order valence-corrected chi connectivity index (χ0v) is 14.4. The third kappa shape index (κ3) is 2.53. The molecule has 0 unspecified atom stereocenters. The Hall–Kier alpha value is -3.22. The average Bonchev–Trinajstić information content (AvgIpc) is 3.22. The minimum atomic E-state index is 0.285. The second kappa shape index (κ2) is 5.70. The molecule has 7 nitrogen and oxygen atoms in total. The number of aromatic amines is 1. The molecule has 0 bridgehead atoms. The molecule has 0 atom stereocenters. The van der Waals surface area contributed by atoms with Crippen LogP contribution in [0.5, 0.6) is 0 Å². The first-order chi connectivity index (χ1) is 12.0. The van der Waals surface area contributed by atoms with Crippen molar-refractivity contribution in [3.63, 3.8) is 0 Å². The van der Waals surface area contributed by atoms with Gasteiger partial charge in [0.1, 0.15) is 12.1 Å². The monoisotopic (exact) mass is 333 g/mol. The Labute approximate surface area is 144 Å². The van der Waals surface area contributed by atoms with E-state index in [0.29, 0.717) is 5.82 Å². The number of nitrogens with two attached hydrogens (primary N) is 1. The molecule has 4 aromatic rings. The third-order valence-electron chi connectivity index (χ3n) is 4.29. The molecule has 0 spiro atoms. The highest BCUT2D eigenvalue weighted by Crippen LogP contribution is 2.35. The number of hydrogen-bond donors (Lipinski definition) is 2. The first-order valence-corrected chi connectivity index (χ1v) is 8.15. The molecule has 0 saturated carbocycles. The largest absolute Gasteiger partial charge is 0.384 e. The van der Waals surface area contributed by atoms with Crippen LogP contribution in [0.1, 0.15) is 30.9 Å². The van der Waals surface area contributed by atoms with Gasteiger partial charge in [0.2, 0.25) is 0 Å². The smallest absolute Gasteiger partial charge is 0.158 e. The van der Waals surface area contributed by atoms with E-state index in [1.165, 1.54) is 0 Å². The summed E-state index contributed by atoms with van der Waals surface area (Å²) in [5, 5.41) is 12.0. The summed E-state index contributed by atoms with van der Waals surface area (Å²) in [6.45, 7) is 6.34. The number of aryl methyl sites for hydroxylation is 1. The summed E-state index contributed by atoms with van der Waals surface area (Å²) in [6.07, 6.45) is 5.29. The van der Waals surface area contributed by atoms with Crippen LogP contribution in [0, 0.1) is 6.92 Å². The molecule has 3 N–H and O–H groups in total. The Balaban J connectivity index is 1.91. The second-order valence-electron chi connectivity index (χ2n) is 6.43. The van der Waals surface area contributed by atoms with Gasteiger partial charge in [-0.1, -0.05) is 13.8 Å². The number of hydrogen-bond acceptors (Lipinski definition) is 5. The van der Waals surface area contributed by atoms with Crippen molar-refractivity contribution in [1.82, 2.24) is 29.8 Å². The highest BCUT2D eigenvalue weighted by molar-refractivity contribution is 5.75. The van der Waals surface area contributed by atoms with E-state index in [1.54, 1.807) is 23.1 Å². The quantitative estimate of drug-likeness (QED) is 0.600. The minimum Gasteiger partial charge on any atom is -0.384 e. The molecule has 0 aliphatic heterocycles. The van der Waals surface area contributed by atoms with Gasteiger partial charge >= 0.3 is 0 Å². The number of H-pyrrole nitrogens is 1.